The van der Waals surface area contributed by atoms with Crippen LogP contribution < -0.4 is 10.1 Å². The summed E-state index contributed by atoms with van der Waals surface area (Å²) >= 11 is 0. The van der Waals surface area contributed by atoms with Crippen LogP contribution in [0.15, 0.2) is 60.7 Å². The van der Waals surface area contributed by atoms with Crippen molar-refractivity contribution in [3.05, 3.63) is 77.9 Å². The smallest absolute Gasteiger partial charge is 0.410 e. The highest BCUT2D eigenvalue weighted by atomic mass is 16.6. The lowest BCUT2D eigenvalue weighted by Gasteiger charge is -2.29. The highest BCUT2D eigenvalue weighted by Gasteiger charge is 2.41. The number of benzene rings is 4. The van der Waals surface area contributed by atoms with Crippen LogP contribution in [0.4, 0.5) is 9.59 Å². The third kappa shape index (κ3) is 7.62. The first-order valence-electron chi connectivity index (χ1n) is 21.1. The first-order valence-corrected chi connectivity index (χ1v) is 21.1. The van der Waals surface area contributed by atoms with E-state index < -0.39 is 17.7 Å². The van der Waals surface area contributed by atoms with Gasteiger partial charge in [-0.1, -0.05) is 38.1 Å². The molecule has 14 nitrogen and oxygen atoms in total. The fourth-order valence-electron chi connectivity index (χ4n) is 9.26. The maximum absolute atomic E-state index is 13.7. The molecule has 6 aromatic rings. The van der Waals surface area contributed by atoms with Crippen LogP contribution in [0.1, 0.15) is 83.2 Å². The zero-order valence-electron chi connectivity index (χ0n) is 35.8. The number of alkyl carbamates (subject to hydrolysis) is 1. The molecule has 4 atom stereocenters. The van der Waals surface area contributed by atoms with E-state index in [2.05, 4.69) is 69.9 Å². The second-order valence-corrected chi connectivity index (χ2v) is 17.9. The fourth-order valence-corrected chi connectivity index (χ4v) is 9.26. The van der Waals surface area contributed by atoms with Crippen molar-refractivity contribution in [2.24, 2.45) is 11.8 Å². The monoisotopic (exact) mass is 827 g/mol. The number of hydrogen-bond donors (Lipinski definition) is 3. The molecule has 2 saturated heterocycles. The number of nitrogens with one attached hydrogen (secondary N) is 3. The van der Waals surface area contributed by atoms with Gasteiger partial charge in [0.1, 0.15) is 35.6 Å². The Bertz CT molecular complexity index is 2680. The topological polar surface area (TPSA) is 164 Å². The van der Waals surface area contributed by atoms with Crippen molar-refractivity contribution in [1.82, 2.24) is 35.1 Å². The number of H-pyrrole nitrogens is 2. The fraction of sp³-hybridized carbons (Fsp3) is 0.426. The Hall–Kier alpha value is -6.15. The number of fused-ring (bicyclic) bond motifs is 7. The van der Waals surface area contributed by atoms with Gasteiger partial charge in [0.2, 0.25) is 5.91 Å². The number of aromatic nitrogens is 4. The Labute approximate surface area is 354 Å². The molecule has 61 heavy (non-hydrogen) atoms. The van der Waals surface area contributed by atoms with Crippen LogP contribution >= 0.6 is 0 Å². The summed E-state index contributed by atoms with van der Waals surface area (Å²) in [6.45, 7) is 11.6. The average molecular weight is 828 g/mol. The van der Waals surface area contributed by atoms with E-state index in [1.165, 1.54) is 7.11 Å². The molecular formula is C47H53N7O7. The number of rotatable bonds is 8. The van der Waals surface area contributed by atoms with Crippen LogP contribution in [0, 0.1) is 11.8 Å². The molecule has 14 heteroatoms. The summed E-state index contributed by atoms with van der Waals surface area (Å²) in [6.07, 6.45) is 1.37. The van der Waals surface area contributed by atoms with E-state index in [-0.39, 0.29) is 35.9 Å². The van der Waals surface area contributed by atoms with Crippen molar-refractivity contribution in [3.63, 3.8) is 0 Å². The molecule has 318 valence electrons. The van der Waals surface area contributed by atoms with Gasteiger partial charge in [0.05, 0.1) is 47.9 Å². The molecular weight excluding hydrogens is 775 g/mol. The number of imidazole rings is 2. The van der Waals surface area contributed by atoms with E-state index in [0.717, 1.165) is 97.3 Å². The van der Waals surface area contributed by atoms with E-state index in [1.54, 1.807) is 12.0 Å². The van der Waals surface area contributed by atoms with E-state index >= 15 is 0 Å². The van der Waals surface area contributed by atoms with Crippen LogP contribution in [0.3, 0.4) is 0 Å². The Morgan fingerprint density at radius 2 is 1.67 bits per heavy atom. The van der Waals surface area contributed by atoms with Gasteiger partial charge in [0, 0.05) is 37.1 Å². The SMILES string of the molecule is COC[C@H]1C[C@@H](c2nc3c(ccc4cc5c(cc43)OCc3cc(-c4ccc6nc([C@@H]7CCCN7C(=O)C(NC(=O)OC)C(C)C)[nH]c6c4)ccc3-5)[nH]2)N(C(=O)OC(C)(C)C)C1. The lowest BCUT2D eigenvalue weighted by atomic mass is 9.91. The van der Waals surface area contributed by atoms with Crippen molar-refractivity contribution < 1.29 is 33.3 Å². The van der Waals surface area contributed by atoms with Gasteiger partial charge in [-0.25, -0.2) is 19.6 Å². The summed E-state index contributed by atoms with van der Waals surface area (Å²) in [5, 5.41) is 4.74. The summed E-state index contributed by atoms with van der Waals surface area (Å²) < 4.78 is 22.5. The van der Waals surface area contributed by atoms with Gasteiger partial charge < -0.3 is 39.1 Å². The predicted molar refractivity (Wildman–Crippen MR) is 232 cm³/mol. The molecule has 0 spiro atoms. The van der Waals surface area contributed by atoms with Crippen LogP contribution in [0.25, 0.3) is 55.1 Å². The Balaban J connectivity index is 0.972. The van der Waals surface area contributed by atoms with Crippen LogP contribution in [-0.2, 0) is 25.6 Å². The standard InChI is InChI=1S/C47H53N7O7/c1-25(2)40(52-45(56)59-7)44(55)53-16-8-9-37(53)42-48-34-14-11-28(20-36(34)50-42)27-10-13-31-30(18-27)24-60-39-21-32-29(19-33(31)39)12-15-35-41(32)51-43(49-35)38-17-26(23-58-6)22-54(38)46(57)61-47(3,4)5/h10-15,18-21,25-26,37-38,40H,8-9,16-17,22-24H2,1-7H3,(H,48,50)(H,49,51)(H,52,56)/t26-,37-,38-,40?/m0/s1. The molecule has 0 aliphatic carbocycles. The summed E-state index contributed by atoms with van der Waals surface area (Å²) in [5.74, 6) is 2.19. The molecule has 2 aromatic heterocycles. The molecule has 0 radical (unpaired) electrons. The Morgan fingerprint density at radius 3 is 2.44 bits per heavy atom. The van der Waals surface area contributed by atoms with Crippen molar-refractivity contribution >= 4 is 50.9 Å². The molecule has 0 saturated carbocycles. The summed E-state index contributed by atoms with van der Waals surface area (Å²) in [5.41, 5.74) is 8.15. The van der Waals surface area contributed by atoms with Gasteiger partial charge >= 0.3 is 12.2 Å². The lowest BCUT2D eigenvalue weighted by Crippen LogP contribution is -2.51. The summed E-state index contributed by atoms with van der Waals surface area (Å²) in [6, 6.07) is 19.9. The molecule has 3 N–H and O–H groups in total. The number of likely N-dealkylation sites (tertiary alicyclic amines) is 2. The molecule has 1 unspecified atom stereocenters. The third-order valence-corrected chi connectivity index (χ3v) is 12.2. The van der Waals surface area contributed by atoms with Crippen LogP contribution in [0.5, 0.6) is 5.75 Å². The minimum atomic E-state index is -0.694. The predicted octanol–water partition coefficient (Wildman–Crippen LogP) is 8.81. The zero-order valence-corrected chi connectivity index (χ0v) is 35.8. The molecule has 0 bridgehead atoms. The van der Waals surface area contributed by atoms with Crippen LogP contribution in [0.2, 0.25) is 0 Å². The largest absolute Gasteiger partial charge is 0.488 e. The quantitative estimate of drug-likeness (QED) is 0.136. The minimum absolute atomic E-state index is 0.110. The maximum Gasteiger partial charge on any atom is 0.410 e. The zero-order chi connectivity index (χ0) is 42.7. The molecule has 5 heterocycles. The molecule has 3 aliphatic rings. The Kier molecular flexibility index (Phi) is 10.4. The summed E-state index contributed by atoms with van der Waals surface area (Å²) in [7, 11) is 2.98. The van der Waals surface area contributed by atoms with Crippen molar-refractivity contribution in [1.29, 1.82) is 0 Å². The maximum atomic E-state index is 13.7. The van der Waals surface area contributed by atoms with E-state index in [4.69, 9.17) is 28.9 Å². The van der Waals surface area contributed by atoms with Crippen LogP contribution in [-0.4, -0.2) is 93.4 Å². The van der Waals surface area contributed by atoms with Gasteiger partial charge in [0.15, 0.2) is 0 Å². The number of ether oxygens (including phenoxy) is 4. The lowest BCUT2D eigenvalue weighted by molar-refractivity contribution is -0.135. The van der Waals surface area contributed by atoms with Gasteiger partial charge in [-0.3, -0.25) is 9.69 Å². The molecule has 2 fully saturated rings. The van der Waals surface area contributed by atoms with Crippen molar-refractivity contribution in [3.8, 4) is 28.0 Å². The highest BCUT2D eigenvalue weighted by Crippen LogP contribution is 2.44. The van der Waals surface area contributed by atoms with Gasteiger partial charge in [-0.15, -0.1) is 0 Å². The third-order valence-electron chi connectivity index (χ3n) is 12.2. The number of carbonyl (C=O) groups excluding carboxylic acids is 3. The van der Waals surface area contributed by atoms with Crippen molar-refractivity contribution in [2.75, 3.05) is 33.9 Å². The van der Waals surface area contributed by atoms with E-state index in [0.29, 0.717) is 26.3 Å². The number of amides is 3. The number of carbonyl (C=O) groups is 3. The number of hydrogen-bond acceptors (Lipinski definition) is 9. The number of aromatic amines is 2. The number of methoxy groups -OCH3 is 2. The average Bonchev–Trinajstić information content (AvgIpc) is 4.06. The second kappa shape index (κ2) is 15.7. The van der Waals surface area contributed by atoms with Crippen molar-refractivity contribution in [2.45, 2.75) is 84.2 Å². The molecule has 9 rings (SSSR count). The molecule has 3 amide bonds. The summed E-state index contributed by atoms with van der Waals surface area (Å²) in [4.78, 5) is 59.8. The second-order valence-electron chi connectivity index (χ2n) is 17.9. The van der Waals surface area contributed by atoms with E-state index in [9.17, 15) is 14.4 Å². The van der Waals surface area contributed by atoms with E-state index in [1.807, 2.05) is 45.6 Å². The minimum Gasteiger partial charge on any atom is -0.488 e. The normalized spacial score (nSPS) is 19.3. The van der Waals surface area contributed by atoms with Gasteiger partial charge in [0.25, 0.3) is 0 Å². The highest BCUT2D eigenvalue weighted by molar-refractivity contribution is 6.07. The molecule has 4 aromatic carbocycles. The van der Waals surface area contributed by atoms with Gasteiger partial charge in [-0.2, -0.15) is 0 Å². The Morgan fingerprint density at radius 1 is 0.902 bits per heavy atom. The first-order chi connectivity index (χ1) is 29.3. The first kappa shape index (κ1) is 40.3. The number of nitrogens with zero attached hydrogens (tertiary/aromatic N) is 4. The molecule has 3 aliphatic heterocycles. The van der Waals surface area contributed by atoms with Gasteiger partial charge in [-0.05, 0) is 110 Å².